The standard InChI is InChI=1S/C22H28N2O5/c1-15(2)12-24(13-16(3)4)20(25)14-29-22(27)17-8-5-6-9-18(17)23-21(26)19-10-7-11-28-19/h5-11,15-16H,12-14H2,1-4H3,(H,23,26). The minimum atomic E-state index is -0.678. The maximum atomic E-state index is 12.5. The Labute approximate surface area is 171 Å². The maximum Gasteiger partial charge on any atom is 0.340 e. The number of ether oxygens (including phenoxy) is 1. The van der Waals surface area contributed by atoms with Gasteiger partial charge in [0.1, 0.15) is 0 Å². The molecule has 0 saturated heterocycles. The van der Waals surface area contributed by atoms with Crippen molar-refractivity contribution in [3.63, 3.8) is 0 Å². The number of amides is 2. The van der Waals surface area contributed by atoms with E-state index in [2.05, 4.69) is 5.32 Å². The fourth-order valence-corrected chi connectivity index (χ4v) is 2.82. The van der Waals surface area contributed by atoms with Gasteiger partial charge in [-0.05, 0) is 36.1 Å². The van der Waals surface area contributed by atoms with Gasteiger partial charge in [0.25, 0.3) is 11.8 Å². The Kier molecular flexibility index (Phi) is 8.00. The highest BCUT2D eigenvalue weighted by Gasteiger charge is 2.20. The number of hydrogen-bond acceptors (Lipinski definition) is 5. The highest BCUT2D eigenvalue weighted by atomic mass is 16.5. The van der Waals surface area contributed by atoms with Crippen LogP contribution in [0.15, 0.2) is 47.1 Å². The molecule has 2 amide bonds. The number of carbonyl (C=O) groups is 3. The van der Waals surface area contributed by atoms with Crippen LogP contribution in [0.5, 0.6) is 0 Å². The summed E-state index contributed by atoms with van der Waals surface area (Å²) in [6.07, 6.45) is 1.39. The van der Waals surface area contributed by atoms with Gasteiger partial charge in [-0.25, -0.2) is 4.79 Å². The number of nitrogens with zero attached hydrogens (tertiary/aromatic N) is 1. The molecular weight excluding hydrogens is 372 g/mol. The van der Waals surface area contributed by atoms with Crippen LogP contribution in [0.3, 0.4) is 0 Å². The van der Waals surface area contributed by atoms with Gasteiger partial charge in [0.15, 0.2) is 12.4 Å². The summed E-state index contributed by atoms with van der Waals surface area (Å²) in [6.45, 7) is 8.98. The van der Waals surface area contributed by atoms with Crippen LogP contribution in [0.25, 0.3) is 0 Å². The summed E-state index contributed by atoms with van der Waals surface area (Å²) in [5.74, 6) is -0.648. The second kappa shape index (κ2) is 10.5. The number of furan rings is 1. The molecule has 0 aliphatic rings. The lowest BCUT2D eigenvalue weighted by molar-refractivity contribution is -0.135. The number of esters is 1. The molecule has 156 valence electrons. The molecule has 7 heteroatoms. The molecule has 0 fully saturated rings. The van der Waals surface area contributed by atoms with Crippen molar-refractivity contribution in [1.29, 1.82) is 0 Å². The first-order chi connectivity index (χ1) is 13.8. The number of rotatable bonds is 9. The van der Waals surface area contributed by atoms with Crippen molar-refractivity contribution in [2.45, 2.75) is 27.7 Å². The Morgan fingerprint density at radius 3 is 2.24 bits per heavy atom. The van der Waals surface area contributed by atoms with Gasteiger partial charge in [0, 0.05) is 13.1 Å². The molecule has 7 nitrogen and oxygen atoms in total. The number of anilines is 1. The maximum absolute atomic E-state index is 12.5. The highest BCUT2D eigenvalue weighted by molar-refractivity contribution is 6.06. The summed E-state index contributed by atoms with van der Waals surface area (Å²) >= 11 is 0. The molecule has 1 aromatic heterocycles. The minimum Gasteiger partial charge on any atom is -0.459 e. The largest absolute Gasteiger partial charge is 0.459 e. The summed E-state index contributed by atoms with van der Waals surface area (Å²) in [5.41, 5.74) is 0.451. The SMILES string of the molecule is CC(C)CN(CC(C)C)C(=O)COC(=O)c1ccccc1NC(=O)c1ccco1. The molecule has 0 saturated carbocycles. The van der Waals surface area contributed by atoms with Crippen LogP contribution in [-0.2, 0) is 9.53 Å². The highest BCUT2D eigenvalue weighted by Crippen LogP contribution is 2.18. The molecule has 29 heavy (non-hydrogen) atoms. The molecule has 0 bridgehead atoms. The Hall–Kier alpha value is -3.09. The van der Waals surface area contributed by atoms with Crippen LogP contribution < -0.4 is 5.32 Å². The topological polar surface area (TPSA) is 88.9 Å². The van der Waals surface area contributed by atoms with Gasteiger partial charge in [-0.2, -0.15) is 0 Å². The quantitative estimate of drug-likeness (QED) is 0.646. The summed E-state index contributed by atoms with van der Waals surface area (Å²) in [5, 5.41) is 2.63. The average Bonchev–Trinajstić information content (AvgIpc) is 3.20. The van der Waals surface area contributed by atoms with Crippen molar-refractivity contribution >= 4 is 23.5 Å². The van der Waals surface area contributed by atoms with Gasteiger partial charge in [-0.15, -0.1) is 0 Å². The van der Waals surface area contributed by atoms with Gasteiger partial charge < -0.3 is 19.4 Å². The Balaban J connectivity index is 2.03. The molecule has 1 aromatic carbocycles. The first kappa shape index (κ1) is 22.2. The molecule has 0 aliphatic heterocycles. The van der Waals surface area contributed by atoms with Gasteiger partial charge in [-0.1, -0.05) is 39.8 Å². The fraction of sp³-hybridized carbons (Fsp3) is 0.409. The summed E-state index contributed by atoms with van der Waals surface area (Å²) in [7, 11) is 0. The van der Waals surface area contributed by atoms with E-state index in [1.807, 2.05) is 27.7 Å². The third-order valence-electron chi connectivity index (χ3n) is 3.99. The van der Waals surface area contributed by atoms with Crippen molar-refractivity contribution in [3.8, 4) is 0 Å². The number of benzene rings is 1. The molecule has 1 heterocycles. The van der Waals surface area contributed by atoms with Crippen LogP contribution in [0, 0.1) is 11.8 Å². The van der Waals surface area contributed by atoms with Crippen LogP contribution in [0.4, 0.5) is 5.69 Å². The first-order valence-corrected chi connectivity index (χ1v) is 9.66. The van der Waals surface area contributed by atoms with Crippen molar-refractivity contribution in [2.24, 2.45) is 11.8 Å². The summed E-state index contributed by atoms with van der Waals surface area (Å²) in [4.78, 5) is 39.0. The van der Waals surface area contributed by atoms with E-state index in [-0.39, 0.29) is 29.5 Å². The zero-order chi connectivity index (χ0) is 21.4. The Morgan fingerprint density at radius 2 is 1.66 bits per heavy atom. The monoisotopic (exact) mass is 400 g/mol. The van der Waals surface area contributed by atoms with Crippen LogP contribution in [0.1, 0.15) is 48.6 Å². The third kappa shape index (κ3) is 6.78. The molecule has 2 aromatic rings. The minimum absolute atomic E-state index is 0.126. The van der Waals surface area contributed by atoms with E-state index in [0.29, 0.717) is 24.9 Å². The second-order valence-corrected chi connectivity index (χ2v) is 7.64. The lowest BCUT2D eigenvalue weighted by atomic mass is 10.1. The number of hydrogen-bond donors (Lipinski definition) is 1. The van der Waals surface area contributed by atoms with E-state index < -0.39 is 11.9 Å². The van der Waals surface area contributed by atoms with Gasteiger partial charge in [0.05, 0.1) is 17.5 Å². The lowest BCUT2D eigenvalue weighted by Gasteiger charge is -2.26. The average molecular weight is 400 g/mol. The van der Waals surface area contributed by atoms with E-state index in [0.717, 1.165) is 0 Å². The molecule has 2 rings (SSSR count). The fourth-order valence-electron chi connectivity index (χ4n) is 2.82. The first-order valence-electron chi connectivity index (χ1n) is 9.66. The van der Waals surface area contributed by atoms with E-state index in [1.54, 1.807) is 29.2 Å². The number of para-hydroxylation sites is 1. The van der Waals surface area contributed by atoms with Crippen LogP contribution in [-0.4, -0.2) is 42.4 Å². The van der Waals surface area contributed by atoms with E-state index in [4.69, 9.17) is 9.15 Å². The van der Waals surface area contributed by atoms with E-state index >= 15 is 0 Å². The summed E-state index contributed by atoms with van der Waals surface area (Å²) in [6, 6.07) is 9.58. The predicted octanol–water partition coefficient (Wildman–Crippen LogP) is 3.83. The predicted molar refractivity (Wildman–Crippen MR) is 110 cm³/mol. The van der Waals surface area contributed by atoms with E-state index in [9.17, 15) is 14.4 Å². The van der Waals surface area contributed by atoms with E-state index in [1.165, 1.54) is 18.4 Å². The molecular formula is C22H28N2O5. The molecule has 0 atom stereocenters. The van der Waals surface area contributed by atoms with Gasteiger partial charge >= 0.3 is 5.97 Å². The zero-order valence-corrected chi connectivity index (χ0v) is 17.3. The van der Waals surface area contributed by atoms with Gasteiger partial charge in [-0.3, -0.25) is 9.59 Å². The Bertz CT molecular complexity index is 817. The number of nitrogens with one attached hydrogen (secondary N) is 1. The number of carbonyl (C=O) groups excluding carboxylic acids is 3. The second-order valence-electron chi connectivity index (χ2n) is 7.64. The Morgan fingerprint density at radius 1 is 1.00 bits per heavy atom. The molecule has 0 aliphatic carbocycles. The summed E-state index contributed by atoms with van der Waals surface area (Å²) < 4.78 is 10.3. The zero-order valence-electron chi connectivity index (χ0n) is 17.3. The van der Waals surface area contributed by atoms with Crippen molar-refractivity contribution < 1.29 is 23.5 Å². The lowest BCUT2D eigenvalue weighted by Crippen LogP contribution is -2.39. The molecule has 1 N–H and O–H groups in total. The third-order valence-corrected chi connectivity index (χ3v) is 3.99. The van der Waals surface area contributed by atoms with Gasteiger partial charge in [0.2, 0.25) is 0 Å². The van der Waals surface area contributed by atoms with Crippen LogP contribution in [0.2, 0.25) is 0 Å². The van der Waals surface area contributed by atoms with Crippen molar-refractivity contribution in [2.75, 3.05) is 25.0 Å². The molecule has 0 spiro atoms. The normalized spacial score (nSPS) is 10.8. The van der Waals surface area contributed by atoms with Crippen molar-refractivity contribution in [1.82, 2.24) is 4.90 Å². The molecule has 0 radical (unpaired) electrons. The molecule has 0 unspecified atom stereocenters. The smallest absolute Gasteiger partial charge is 0.340 e. The van der Waals surface area contributed by atoms with Crippen LogP contribution >= 0.6 is 0 Å². The van der Waals surface area contributed by atoms with Crippen molar-refractivity contribution in [3.05, 3.63) is 54.0 Å².